The average molecular weight is 474 g/mol. The molecule has 2 heterocycles. The lowest BCUT2D eigenvalue weighted by molar-refractivity contribution is 0.226. The number of phenolic OH excluding ortho intramolecular Hbond substituents is 1. The SMILES string of the molecule is Oc1ccc2c(c1)[C@H](c1ccc(SCCCCN3CCCCC3)cc1)[C@H](c1ccccc1)CO2. The van der Waals surface area contributed by atoms with Crippen LogP contribution in [0.25, 0.3) is 0 Å². The molecule has 0 saturated carbocycles. The number of hydrogen-bond donors (Lipinski definition) is 1. The van der Waals surface area contributed by atoms with Crippen LogP contribution in [0.4, 0.5) is 0 Å². The molecule has 2 aliphatic rings. The highest BCUT2D eigenvalue weighted by molar-refractivity contribution is 7.99. The Balaban J connectivity index is 1.26. The molecule has 5 rings (SSSR count). The van der Waals surface area contributed by atoms with Gasteiger partial charge in [0.2, 0.25) is 0 Å². The summed E-state index contributed by atoms with van der Waals surface area (Å²) in [5, 5.41) is 10.2. The first-order valence-corrected chi connectivity index (χ1v) is 13.7. The Morgan fingerprint density at radius 3 is 2.44 bits per heavy atom. The lowest BCUT2D eigenvalue weighted by atomic mass is 9.76. The Bertz CT molecular complexity index is 1050. The predicted octanol–water partition coefficient (Wildman–Crippen LogP) is 7.06. The lowest BCUT2D eigenvalue weighted by Gasteiger charge is -2.34. The third kappa shape index (κ3) is 5.61. The molecule has 1 N–H and O–H groups in total. The van der Waals surface area contributed by atoms with Crippen molar-refractivity contribution in [3.8, 4) is 11.5 Å². The minimum Gasteiger partial charge on any atom is -0.508 e. The predicted molar refractivity (Wildman–Crippen MR) is 141 cm³/mol. The molecule has 4 heteroatoms. The van der Waals surface area contributed by atoms with Gasteiger partial charge in [0.25, 0.3) is 0 Å². The number of likely N-dealkylation sites (tertiary alicyclic amines) is 1. The Morgan fingerprint density at radius 2 is 1.65 bits per heavy atom. The molecule has 3 aromatic rings. The van der Waals surface area contributed by atoms with Crippen molar-refractivity contribution in [2.45, 2.75) is 48.8 Å². The number of rotatable bonds is 8. The van der Waals surface area contributed by atoms with Crippen LogP contribution < -0.4 is 4.74 Å². The van der Waals surface area contributed by atoms with Crippen molar-refractivity contribution in [1.29, 1.82) is 0 Å². The van der Waals surface area contributed by atoms with Gasteiger partial charge in [-0.1, -0.05) is 48.9 Å². The van der Waals surface area contributed by atoms with Gasteiger partial charge in [0, 0.05) is 22.3 Å². The van der Waals surface area contributed by atoms with Crippen molar-refractivity contribution in [1.82, 2.24) is 4.90 Å². The first-order chi connectivity index (χ1) is 16.8. The fraction of sp³-hybridized carbons (Fsp3) is 0.400. The summed E-state index contributed by atoms with van der Waals surface area (Å²) >= 11 is 1.96. The maximum atomic E-state index is 10.2. The number of ether oxygens (including phenoxy) is 1. The van der Waals surface area contributed by atoms with E-state index in [1.54, 1.807) is 6.07 Å². The standard InChI is InChI=1S/C30H35NO2S/c32-25-13-16-29-27(21-25)30(28(22-33-29)23-9-3-1-4-10-23)24-11-14-26(15-12-24)34-20-8-7-19-31-17-5-2-6-18-31/h1,3-4,9-16,21,28,30,32H,2,5-8,17-20,22H2/t28-,30-/m0/s1. The van der Waals surface area contributed by atoms with E-state index in [9.17, 15) is 5.11 Å². The summed E-state index contributed by atoms with van der Waals surface area (Å²) in [7, 11) is 0. The Morgan fingerprint density at radius 1 is 0.853 bits per heavy atom. The number of phenols is 1. The number of unbranched alkanes of at least 4 members (excludes halogenated alkanes) is 1. The van der Waals surface area contributed by atoms with Crippen LogP contribution >= 0.6 is 11.8 Å². The fourth-order valence-electron chi connectivity index (χ4n) is 5.39. The summed E-state index contributed by atoms with van der Waals surface area (Å²) in [6, 6.07) is 25.2. The molecule has 2 atom stereocenters. The average Bonchev–Trinajstić information content (AvgIpc) is 2.89. The number of aromatic hydroxyl groups is 1. The van der Waals surface area contributed by atoms with Crippen LogP contribution in [0.5, 0.6) is 11.5 Å². The van der Waals surface area contributed by atoms with E-state index in [0.717, 1.165) is 11.3 Å². The number of nitrogens with zero attached hydrogens (tertiary/aromatic N) is 1. The number of fused-ring (bicyclic) bond motifs is 1. The van der Waals surface area contributed by atoms with Gasteiger partial charge < -0.3 is 14.7 Å². The fourth-order valence-corrected chi connectivity index (χ4v) is 6.30. The quantitative estimate of drug-likeness (QED) is 0.280. The van der Waals surface area contributed by atoms with Gasteiger partial charge in [-0.2, -0.15) is 0 Å². The highest BCUT2D eigenvalue weighted by Crippen LogP contribution is 2.47. The van der Waals surface area contributed by atoms with Crippen molar-refractivity contribution in [2.75, 3.05) is 32.0 Å². The Kier molecular flexibility index (Phi) is 7.77. The number of benzene rings is 3. The summed E-state index contributed by atoms with van der Waals surface area (Å²) in [4.78, 5) is 3.97. The first-order valence-electron chi connectivity index (χ1n) is 12.7. The van der Waals surface area contributed by atoms with E-state index >= 15 is 0 Å². The van der Waals surface area contributed by atoms with Crippen molar-refractivity contribution >= 4 is 11.8 Å². The van der Waals surface area contributed by atoms with Crippen molar-refractivity contribution in [3.05, 3.63) is 89.5 Å². The van der Waals surface area contributed by atoms with E-state index in [4.69, 9.17) is 4.74 Å². The normalized spacial score (nSPS) is 20.5. The zero-order valence-corrected chi connectivity index (χ0v) is 20.7. The molecule has 3 aromatic carbocycles. The second kappa shape index (κ2) is 11.3. The van der Waals surface area contributed by atoms with Crippen LogP contribution in [-0.4, -0.2) is 42.0 Å². The Hall–Kier alpha value is -2.43. The highest BCUT2D eigenvalue weighted by Gasteiger charge is 2.33. The van der Waals surface area contributed by atoms with E-state index < -0.39 is 0 Å². The third-order valence-corrected chi connectivity index (χ3v) is 8.30. The molecule has 34 heavy (non-hydrogen) atoms. The number of thioether (sulfide) groups is 1. The van der Waals surface area contributed by atoms with E-state index in [1.807, 2.05) is 23.9 Å². The van der Waals surface area contributed by atoms with Crippen LogP contribution in [-0.2, 0) is 0 Å². The molecule has 0 unspecified atom stereocenters. The second-order valence-electron chi connectivity index (χ2n) is 9.55. The molecule has 1 saturated heterocycles. The van der Waals surface area contributed by atoms with E-state index in [1.165, 1.54) is 73.5 Å². The largest absolute Gasteiger partial charge is 0.508 e. The summed E-state index contributed by atoms with van der Waals surface area (Å²) in [5.74, 6) is 2.71. The van der Waals surface area contributed by atoms with Gasteiger partial charge in [0.15, 0.2) is 0 Å². The molecule has 0 amide bonds. The molecule has 178 valence electrons. The molecule has 2 aliphatic heterocycles. The van der Waals surface area contributed by atoms with Crippen LogP contribution in [0.1, 0.15) is 60.6 Å². The summed E-state index contributed by atoms with van der Waals surface area (Å²) in [5.41, 5.74) is 3.62. The third-order valence-electron chi connectivity index (χ3n) is 7.20. The van der Waals surface area contributed by atoms with Crippen molar-refractivity contribution < 1.29 is 9.84 Å². The molecule has 3 nitrogen and oxygen atoms in total. The van der Waals surface area contributed by atoms with Crippen LogP contribution in [0.2, 0.25) is 0 Å². The smallest absolute Gasteiger partial charge is 0.123 e. The van der Waals surface area contributed by atoms with E-state index in [2.05, 4.69) is 59.5 Å². The number of hydrogen-bond acceptors (Lipinski definition) is 4. The van der Waals surface area contributed by atoms with Crippen molar-refractivity contribution in [3.63, 3.8) is 0 Å². The topological polar surface area (TPSA) is 32.7 Å². The molecule has 0 aliphatic carbocycles. The van der Waals surface area contributed by atoms with Crippen LogP contribution in [0.3, 0.4) is 0 Å². The molecule has 0 bridgehead atoms. The van der Waals surface area contributed by atoms with Gasteiger partial charge in [-0.15, -0.1) is 11.8 Å². The van der Waals surface area contributed by atoms with Gasteiger partial charge in [-0.25, -0.2) is 0 Å². The summed E-state index contributed by atoms with van der Waals surface area (Å²) in [6.07, 6.45) is 6.74. The highest BCUT2D eigenvalue weighted by atomic mass is 32.2. The van der Waals surface area contributed by atoms with Crippen LogP contribution in [0, 0.1) is 0 Å². The van der Waals surface area contributed by atoms with E-state index in [-0.39, 0.29) is 17.6 Å². The molecule has 1 fully saturated rings. The maximum Gasteiger partial charge on any atom is 0.123 e. The minimum atomic E-state index is 0.154. The molecule has 0 spiro atoms. The molecular weight excluding hydrogens is 438 g/mol. The Labute approximate surface area is 208 Å². The van der Waals surface area contributed by atoms with Gasteiger partial charge >= 0.3 is 0 Å². The van der Waals surface area contributed by atoms with E-state index in [0.29, 0.717) is 6.61 Å². The first kappa shape index (κ1) is 23.3. The zero-order chi connectivity index (χ0) is 23.2. The van der Waals surface area contributed by atoms with Gasteiger partial charge in [0.05, 0.1) is 6.61 Å². The van der Waals surface area contributed by atoms with Gasteiger partial charge in [-0.3, -0.25) is 0 Å². The lowest BCUT2D eigenvalue weighted by Crippen LogP contribution is -2.30. The second-order valence-corrected chi connectivity index (χ2v) is 10.7. The monoisotopic (exact) mass is 473 g/mol. The van der Waals surface area contributed by atoms with Crippen LogP contribution in [0.15, 0.2) is 77.7 Å². The number of piperidine rings is 1. The molecule has 0 aromatic heterocycles. The van der Waals surface area contributed by atoms with Gasteiger partial charge in [0.1, 0.15) is 11.5 Å². The van der Waals surface area contributed by atoms with Gasteiger partial charge in [-0.05, 0) is 92.5 Å². The molecular formula is C30H35NO2S. The molecule has 0 radical (unpaired) electrons. The zero-order valence-electron chi connectivity index (χ0n) is 19.9. The minimum absolute atomic E-state index is 0.154. The summed E-state index contributed by atoms with van der Waals surface area (Å²) in [6.45, 7) is 4.49. The maximum absolute atomic E-state index is 10.2. The van der Waals surface area contributed by atoms with Crippen molar-refractivity contribution in [2.24, 2.45) is 0 Å². The summed E-state index contributed by atoms with van der Waals surface area (Å²) < 4.78 is 6.12.